The van der Waals surface area contributed by atoms with Crippen LogP contribution in [0.4, 0.5) is 0 Å². The Morgan fingerprint density at radius 3 is 3.00 bits per heavy atom. The van der Waals surface area contributed by atoms with E-state index in [0.29, 0.717) is 13.0 Å². The maximum Gasteiger partial charge on any atom is 0.221 e. The average Bonchev–Trinajstić information content (AvgIpc) is 3.11. The molecule has 18 heavy (non-hydrogen) atoms. The molecule has 0 spiro atoms. The molecule has 1 aliphatic heterocycles. The number of rotatable bonds is 7. The lowest BCUT2D eigenvalue weighted by Crippen LogP contribution is -2.14. The number of primary amides is 1. The third-order valence-corrected chi connectivity index (χ3v) is 2.69. The maximum atomic E-state index is 10.9. The van der Waals surface area contributed by atoms with Crippen LogP contribution in [0.2, 0.25) is 0 Å². The minimum Gasteiger partial charge on any atom is -0.490 e. The van der Waals surface area contributed by atoms with Gasteiger partial charge in [-0.3, -0.25) is 4.79 Å². The minimum absolute atomic E-state index is 0.229. The Balaban J connectivity index is 2.10. The first kappa shape index (κ1) is 12.6. The number of benzene rings is 1. The molecule has 2 rings (SSSR count). The first-order valence-electron chi connectivity index (χ1n) is 5.94. The molecule has 1 heterocycles. The summed E-state index contributed by atoms with van der Waals surface area (Å²) >= 11 is 0. The van der Waals surface area contributed by atoms with Gasteiger partial charge in [0.15, 0.2) is 0 Å². The van der Waals surface area contributed by atoms with Crippen LogP contribution in [0.5, 0.6) is 5.75 Å². The SMILES string of the molecule is C=CCc1cc(CC(N)=O)ccc1OCC1CO1. The molecule has 2 N–H and O–H groups in total. The van der Waals surface area contributed by atoms with E-state index in [1.807, 2.05) is 24.3 Å². The van der Waals surface area contributed by atoms with Crippen LogP contribution in [-0.2, 0) is 22.4 Å². The van der Waals surface area contributed by atoms with Crippen molar-refractivity contribution >= 4 is 5.91 Å². The molecule has 1 saturated heterocycles. The lowest BCUT2D eigenvalue weighted by Gasteiger charge is -2.11. The van der Waals surface area contributed by atoms with Gasteiger partial charge in [0.2, 0.25) is 5.91 Å². The quantitative estimate of drug-likeness (QED) is 0.582. The van der Waals surface area contributed by atoms with E-state index in [9.17, 15) is 4.79 Å². The zero-order valence-corrected chi connectivity index (χ0v) is 10.2. The number of carbonyl (C=O) groups excluding carboxylic acids is 1. The second-order valence-corrected chi connectivity index (χ2v) is 4.34. The molecule has 1 fully saturated rings. The van der Waals surface area contributed by atoms with Crippen molar-refractivity contribution < 1.29 is 14.3 Å². The summed E-state index contributed by atoms with van der Waals surface area (Å²) in [6.07, 6.45) is 2.99. The van der Waals surface area contributed by atoms with Crippen molar-refractivity contribution in [2.45, 2.75) is 18.9 Å². The normalized spacial score (nSPS) is 17.2. The molecule has 1 aromatic rings. The number of carbonyl (C=O) groups is 1. The molecule has 96 valence electrons. The van der Waals surface area contributed by atoms with E-state index in [0.717, 1.165) is 23.5 Å². The molecule has 0 radical (unpaired) electrons. The van der Waals surface area contributed by atoms with Crippen molar-refractivity contribution in [3.05, 3.63) is 42.0 Å². The molecule has 4 heteroatoms. The molecule has 0 aliphatic carbocycles. The predicted molar refractivity (Wildman–Crippen MR) is 68.5 cm³/mol. The van der Waals surface area contributed by atoms with Gasteiger partial charge in [-0.25, -0.2) is 0 Å². The molecular formula is C14H17NO3. The zero-order valence-electron chi connectivity index (χ0n) is 10.2. The summed E-state index contributed by atoms with van der Waals surface area (Å²) in [6, 6.07) is 5.68. The second kappa shape index (κ2) is 5.69. The summed E-state index contributed by atoms with van der Waals surface area (Å²) in [6.45, 7) is 5.07. The highest BCUT2D eigenvalue weighted by Gasteiger charge is 2.23. The van der Waals surface area contributed by atoms with Crippen LogP contribution in [0, 0.1) is 0 Å². The van der Waals surface area contributed by atoms with Crippen LogP contribution < -0.4 is 10.5 Å². The maximum absolute atomic E-state index is 10.9. The third kappa shape index (κ3) is 3.60. The van der Waals surface area contributed by atoms with E-state index < -0.39 is 0 Å². The van der Waals surface area contributed by atoms with E-state index in [2.05, 4.69) is 6.58 Å². The lowest BCUT2D eigenvalue weighted by atomic mass is 10.0. The monoisotopic (exact) mass is 247 g/mol. The summed E-state index contributed by atoms with van der Waals surface area (Å²) < 4.78 is 10.8. The van der Waals surface area contributed by atoms with Crippen molar-refractivity contribution in [2.24, 2.45) is 5.73 Å². The van der Waals surface area contributed by atoms with E-state index in [4.69, 9.17) is 15.2 Å². The standard InChI is InChI=1S/C14H17NO3/c1-2-3-11-6-10(7-14(15)16)4-5-13(11)18-9-12-8-17-12/h2,4-6,12H,1,3,7-9H2,(H2,15,16). The van der Waals surface area contributed by atoms with Crippen LogP contribution in [0.3, 0.4) is 0 Å². The number of hydrogen-bond donors (Lipinski definition) is 1. The van der Waals surface area contributed by atoms with Gasteiger partial charge in [0, 0.05) is 0 Å². The molecule has 0 aromatic heterocycles. The van der Waals surface area contributed by atoms with Crippen LogP contribution in [-0.4, -0.2) is 25.2 Å². The Bertz CT molecular complexity index is 452. The Hall–Kier alpha value is -1.81. The third-order valence-electron chi connectivity index (χ3n) is 2.69. The van der Waals surface area contributed by atoms with E-state index in [1.54, 1.807) is 0 Å². The summed E-state index contributed by atoms with van der Waals surface area (Å²) in [5.41, 5.74) is 7.10. The Kier molecular flexibility index (Phi) is 3.99. The fourth-order valence-electron chi connectivity index (χ4n) is 1.75. The smallest absolute Gasteiger partial charge is 0.221 e. The highest BCUT2D eigenvalue weighted by molar-refractivity contribution is 5.76. The molecule has 4 nitrogen and oxygen atoms in total. The van der Waals surface area contributed by atoms with Gasteiger partial charge in [-0.1, -0.05) is 18.2 Å². The first-order valence-corrected chi connectivity index (χ1v) is 5.94. The Morgan fingerprint density at radius 1 is 1.61 bits per heavy atom. The van der Waals surface area contributed by atoms with Gasteiger partial charge in [0.05, 0.1) is 13.0 Å². The minimum atomic E-state index is -0.334. The fraction of sp³-hybridized carbons (Fsp3) is 0.357. The van der Waals surface area contributed by atoms with Crippen molar-refractivity contribution in [1.82, 2.24) is 0 Å². The van der Waals surface area contributed by atoms with E-state index in [1.165, 1.54) is 0 Å². The van der Waals surface area contributed by atoms with E-state index >= 15 is 0 Å². The highest BCUT2D eigenvalue weighted by atomic mass is 16.6. The summed E-state index contributed by atoms with van der Waals surface area (Å²) in [5, 5.41) is 0. The summed E-state index contributed by atoms with van der Waals surface area (Å²) in [5.74, 6) is 0.484. The molecule has 1 unspecified atom stereocenters. The van der Waals surface area contributed by atoms with E-state index in [-0.39, 0.29) is 18.4 Å². The van der Waals surface area contributed by atoms with Gasteiger partial charge in [-0.15, -0.1) is 6.58 Å². The lowest BCUT2D eigenvalue weighted by molar-refractivity contribution is -0.117. The molecular weight excluding hydrogens is 230 g/mol. The highest BCUT2D eigenvalue weighted by Crippen LogP contribution is 2.23. The molecule has 1 aliphatic rings. The number of ether oxygens (including phenoxy) is 2. The molecule has 1 aromatic carbocycles. The molecule has 1 atom stereocenters. The first-order chi connectivity index (χ1) is 8.69. The second-order valence-electron chi connectivity index (χ2n) is 4.34. The van der Waals surface area contributed by atoms with Gasteiger partial charge >= 0.3 is 0 Å². The number of epoxide rings is 1. The van der Waals surface area contributed by atoms with Crippen molar-refractivity contribution in [3.63, 3.8) is 0 Å². The van der Waals surface area contributed by atoms with Gasteiger partial charge in [-0.2, -0.15) is 0 Å². The van der Waals surface area contributed by atoms with Crippen molar-refractivity contribution in [3.8, 4) is 5.75 Å². The summed E-state index contributed by atoms with van der Waals surface area (Å²) in [7, 11) is 0. The van der Waals surface area contributed by atoms with Crippen molar-refractivity contribution in [2.75, 3.05) is 13.2 Å². The Morgan fingerprint density at radius 2 is 2.39 bits per heavy atom. The molecule has 0 saturated carbocycles. The van der Waals surface area contributed by atoms with Gasteiger partial charge < -0.3 is 15.2 Å². The topological polar surface area (TPSA) is 64.9 Å². The zero-order chi connectivity index (χ0) is 13.0. The number of amides is 1. The van der Waals surface area contributed by atoms with Crippen molar-refractivity contribution in [1.29, 1.82) is 0 Å². The number of allylic oxidation sites excluding steroid dienone is 1. The van der Waals surface area contributed by atoms with Crippen LogP contribution in [0.1, 0.15) is 11.1 Å². The van der Waals surface area contributed by atoms with Crippen LogP contribution in [0.25, 0.3) is 0 Å². The largest absolute Gasteiger partial charge is 0.490 e. The van der Waals surface area contributed by atoms with Crippen LogP contribution >= 0.6 is 0 Å². The average molecular weight is 247 g/mol. The molecule has 1 amide bonds. The predicted octanol–water partition coefficient (Wildman–Crippen LogP) is 1.22. The van der Waals surface area contributed by atoms with Gasteiger partial charge in [-0.05, 0) is 23.6 Å². The number of hydrogen-bond acceptors (Lipinski definition) is 3. The van der Waals surface area contributed by atoms with Gasteiger partial charge in [0.25, 0.3) is 0 Å². The Labute approximate surface area is 106 Å². The van der Waals surface area contributed by atoms with Crippen LogP contribution in [0.15, 0.2) is 30.9 Å². The van der Waals surface area contributed by atoms with Gasteiger partial charge in [0.1, 0.15) is 18.5 Å². The number of nitrogens with two attached hydrogens (primary N) is 1. The fourth-order valence-corrected chi connectivity index (χ4v) is 1.75. The summed E-state index contributed by atoms with van der Waals surface area (Å²) in [4.78, 5) is 10.9. The molecule has 0 bridgehead atoms.